The van der Waals surface area contributed by atoms with Crippen molar-refractivity contribution in [3.8, 4) is 0 Å². The number of amides is 2. The molecule has 2 amide bonds. The normalized spacial score (nSPS) is 24.1. The lowest BCUT2D eigenvalue weighted by molar-refractivity contribution is -0.138. The SMILES string of the molecule is CN1C(=O)CC[C@]2(C)c3ccc(NC(=O)c4ccc(N)cc4)cc3CC[C@@H]12. The number of benzene rings is 2. The van der Waals surface area contributed by atoms with E-state index in [-0.39, 0.29) is 23.3 Å². The second-order valence-corrected chi connectivity index (χ2v) is 7.92. The first-order valence-corrected chi connectivity index (χ1v) is 9.44. The van der Waals surface area contributed by atoms with Crippen molar-refractivity contribution in [2.75, 3.05) is 18.1 Å². The predicted molar refractivity (Wildman–Crippen MR) is 107 cm³/mol. The number of nitrogens with zero attached hydrogens (tertiary/aromatic N) is 1. The van der Waals surface area contributed by atoms with E-state index in [1.165, 1.54) is 11.1 Å². The van der Waals surface area contributed by atoms with E-state index in [0.717, 1.165) is 24.9 Å². The first-order valence-electron chi connectivity index (χ1n) is 9.44. The van der Waals surface area contributed by atoms with E-state index in [1.807, 2.05) is 18.0 Å². The molecule has 1 aliphatic heterocycles. The average Bonchev–Trinajstić information content (AvgIpc) is 2.65. The molecule has 0 spiro atoms. The number of likely N-dealkylation sites (tertiary alicyclic amines) is 1. The van der Waals surface area contributed by atoms with Crippen molar-refractivity contribution in [3.63, 3.8) is 0 Å². The highest BCUT2D eigenvalue weighted by molar-refractivity contribution is 6.04. The van der Waals surface area contributed by atoms with E-state index in [1.54, 1.807) is 24.3 Å². The van der Waals surface area contributed by atoms with Crippen molar-refractivity contribution < 1.29 is 9.59 Å². The van der Waals surface area contributed by atoms with E-state index >= 15 is 0 Å². The zero-order chi connectivity index (χ0) is 19.2. The maximum Gasteiger partial charge on any atom is 0.255 e. The van der Waals surface area contributed by atoms with Gasteiger partial charge in [-0.3, -0.25) is 9.59 Å². The molecule has 1 saturated heterocycles. The lowest BCUT2D eigenvalue weighted by atomic mass is 9.63. The van der Waals surface area contributed by atoms with Gasteiger partial charge in [-0.25, -0.2) is 0 Å². The van der Waals surface area contributed by atoms with Crippen LogP contribution in [-0.2, 0) is 16.6 Å². The molecule has 0 unspecified atom stereocenters. The van der Waals surface area contributed by atoms with Crippen molar-refractivity contribution in [2.45, 2.75) is 44.1 Å². The standard InChI is InChI=1S/C22H25N3O2/c1-22-12-11-20(26)25(2)19(22)10-5-15-13-17(8-9-18(15)22)24-21(27)14-3-6-16(23)7-4-14/h3-4,6-9,13,19H,5,10-12,23H2,1-2H3,(H,24,27)/t19-,22-/m1/s1. The Hall–Kier alpha value is -2.82. The molecule has 1 aliphatic carbocycles. The number of piperidine rings is 1. The van der Waals surface area contributed by atoms with Gasteiger partial charge in [0.25, 0.3) is 5.91 Å². The number of carbonyl (C=O) groups excluding carboxylic acids is 2. The van der Waals surface area contributed by atoms with Crippen LogP contribution in [0.3, 0.4) is 0 Å². The lowest BCUT2D eigenvalue weighted by Gasteiger charge is -2.50. The minimum atomic E-state index is -0.141. The molecule has 4 rings (SSSR count). The Morgan fingerprint density at radius 3 is 2.67 bits per heavy atom. The molecule has 0 saturated carbocycles. The Morgan fingerprint density at radius 2 is 1.93 bits per heavy atom. The molecule has 0 bridgehead atoms. The van der Waals surface area contributed by atoms with Gasteiger partial charge >= 0.3 is 0 Å². The molecule has 2 aromatic carbocycles. The average molecular weight is 363 g/mol. The summed E-state index contributed by atoms with van der Waals surface area (Å²) in [4.78, 5) is 26.5. The highest BCUT2D eigenvalue weighted by Gasteiger charge is 2.46. The molecule has 5 heteroatoms. The molecule has 5 nitrogen and oxygen atoms in total. The van der Waals surface area contributed by atoms with E-state index < -0.39 is 0 Å². The van der Waals surface area contributed by atoms with Crippen LogP contribution in [-0.4, -0.2) is 29.8 Å². The quantitative estimate of drug-likeness (QED) is 0.804. The summed E-state index contributed by atoms with van der Waals surface area (Å²) in [5.74, 6) is 0.103. The largest absolute Gasteiger partial charge is 0.399 e. The first-order chi connectivity index (χ1) is 12.9. The van der Waals surface area contributed by atoms with Crippen LogP contribution in [0.25, 0.3) is 0 Å². The zero-order valence-electron chi connectivity index (χ0n) is 15.8. The minimum Gasteiger partial charge on any atom is -0.399 e. The minimum absolute atomic E-state index is 0.0181. The fourth-order valence-corrected chi connectivity index (χ4v) is 4.70. The van der Waals surface area contributed by atoms with Crippen LogP contribution >= 0.6 is 0 Å². The van der Waals surface area contributed by atoms with Gasteiger partial charge in [0, 0.05) is 41.9 Å². The van der Waals surface area contributed by atoms with Gasteiger partial charge in [0.15, 0.2) is 0 Å². The Bertz CT molecular complexity index is 906. The fourth-order valence-electron chi connectivity index (χ4n) is 4.70. The number of anilines is 2. The molecule has 0 aromatic heterocycles. The predicted octanol–water partition coefficient (Wildman–Crippen LogP) is 3.35. The van der Waals surface area contributed by atoms with Crippen molar-refractivity contribution in [3.05, 3.63) is 59.2 Å². The number of nitrogens with one attached hydrogen (secondary N) is 1. The molecule has 1 fully saturated rings. The van der Waals surface area contributed by atoms with Gasteiger partial charge in [0.1, 0.15) is 0 Å². The summed E-state index contributed by atoms with van der Waals surface area (Å²) >= 11 is 0. The molecule has 1 heterocycles. The maximum absolute atomic E-state index is 12.5. The second-order valence-electron chi connectivity index (χ2n) is 7.92. The molecule has 0 radical (unpaired) electrons. The second kappa shape index (κ2) is 6.41. The number of rotatable bonds is 2. The molecule has 140 valence electrons. The molecule has 27 heavy (non-hydrogen) atoms. The summed E-state index contributed by atoms with van der Waals surface area (Å²) in [6.07, 6.45) is 3.35. The van der Waals surface area contributed by atoms with Crippen LogP contribution in [0, 0.1) is 0 Å². The van der Waals surface area contributed by atoms with Gasteiger partial charge in [-0.2, -0.15) is 0 Å². The summed E-state index contributed by atoms with van der Waals surface area (Å²) in [6, 6.07) is 13.3. The Balaban J connectivity index is 1.59. The number of aryl methyl sites for hydroxylation is 1. The third-order valence-electron chi connectivity index (χ3n) is 6.29. The van der Waals surface area contributed by atoms with Crippen molar-refractivity contribution >= 4 is 23.2 Å². The molecule has 3 N–H and O–H groups in total. The van der Waals surface area contributed by atoms with Gasteiger partial charge < -0.3 is 16.0 Å². The van der Waals surface area contributed by atoms with Crippen molar-refractivity contribution in [1.29, 1.82) is 0 Å². The Morgan fingerprint density at radius 1 is 1.19 bits per heavy atom. The van der Waals surface area contributed by atoms with Gasteiger partial charge in [-0.05, 0) is 66.8 Å². The Labute approximate surface area is 159 Å². The van der Waals surface area contributed by atoms with Gasteiger partial charge in [-0.15, -0.1) is 0 Å². The molecule has 2 aliphatic rings. The van der Waals surface area contributed by atoms with E-state index in [9.17, 15) is 9.59 Å². The highest BCUT2D eigenvalue weighted by atomic mass is 16.2. The van der Waals surface area contributed by atoms with E-state index in [4.69, 9.17) is 5.73 Å². The smallest absolute Gasteiger partial charge is 0.255 e. The Kier molecular flexibility index (Phi) is 4.17. The van der Waals surface area contributed by atoms with Gasteiger partial charge in [0.2, 0.25) is 5.91 Å². The fraction of sp³-hybridized carbons (Fsp3) is 0.364. The topological polar surface area (TPSA) is 75.4 Å². The third-order valence-corrected chi connectivity index (χ3v) is 6.29. The zero-order valence-corrected chi connectivity index (χ0v) is 15.8. The maximum atomic E-state index is 12.5. The van der Waals surface area contributed by atoms with Crippen LogP contribution in [0.5, 0.6) is 0 Å². The molecular formula is C22H25N3O2. The van der Waals surface area contributed by atoms with E-state index in [0.29, 0.717) is 17.7 Å². The van der Waals surface area contributed by atoms with Crippen LogP contribution in [0.4, 0.5) is 11.4 Å². The van der Waals surface area contributed by atoms with Crippen LogP contribution in [0.1, 0.15) is 47.7 Å². The van der Waals surface area contributed by atoms with Crippen LogP contribution < -0.4 is 11.1 Å². The molecular weight excluding hydrogens is 338 g/mol. The monoisotopic (exact) mass is 363 g/mol. The number of nitrogens with two attached hydrogens (primary N) is 1. The third kappa shape index (κ3) is 2.97. The summed E-state index contributed by atoms with van der Waals surface area (Å²) < 4.78 is 0. The van der Waals surface area contributed by atoms with Crippen molar-refractivity contribution in [2.24, 2.45) is 0 Å². The molecule has 2 atom stereocenters. The van der Waals surface area contributed by atoms with Crippen LogP contribution in [0.15, 0.2) is 42.5 Å². The number of nitrogen functional groups attached to an aromatic ring is 1. The van der Waals surface area contributed by atoms with Crippen molar-refractivity contribution in [1.82, 2.24) is 4.90 Å². The summed E-state index contributed by atoms with van der Waals surface area (Å²) in [5, 5.41) is 2.98. The first kappa shape index (κ1) is 17.6. The number of hydrogen-bond acceptors (Lipinski definition) is 3. The number of carbonyl (C=O) groups is 2. The van der Waals surface area contributed by atoms with E-state index in [2.05, 4.69) is 24.4 Å². The van der Waals surface area contributed by atoms with Gasteiger partial charge in [-0.1, -0.05) is 13.0 Å². The van der Waals surface area contributed by atoms with Gasteiger partial charge in [0.05, 0.1) is 0 Å². The summed E-state index contributed by atoms with van der Waals surface area (Å²) in [7, 11) is 1.93. The lowest BCUT2D eigenvalue weighted by Crippen LogP contribution is -2.56. The van der Waals surface area contributed by atoms with Crippen LogP contribution in [0.2, 0.25) is 0 Å². The number of fused-ring (bicyclic) bond motifs is 3. The highest BCUT2D eigenvalue weighted by Crippen LogP contribution is 2.46. The summed E-state index contributed by atoms with van der Waals surface area (Å²) in [5.41, 5.74) is 10.3. The number of likely N-dealkylation sites (N-methyl/N-ethyl adjacent to an activating group) is 1. The molecule has 2 aromatic rings. The number of hydrogen-bond donors (Lipinski definition) is 2. The summed E-state index contributed by atoms with van der Waals surface area (Å²) in [6.45, 7) is 2.27.